The molecule has 1 fully saturated rings. The van der Waals surface area contributed by atoms with Gasteiger partial charge in [0.1, 0.15) is 5.69 Å². The van der Waals surface area contributed by atoms with Crippen molar-refractivity contribution in [2.75, 3.05) is 24.5 Å². The summed E-state index contributed by atoms with van der Waals surface area (Å²) in [5, 5.41) is 2.96. The van der Waals surface area contributed by atoms with Crippen LogP contribution in [-0.4, -0.2) is 35.5 Å². The topological polar surface area (TPSA) is 58.1 Å². The molecule has 22 heavy (non-hydrogen) atoms. The molecule has 1 N–H and O–H groups in total. The van der Waals surface area contributed by atoms with Crippen LogP contribution < -0.4 is 10.2 Å². The van der Waals surface area contributed by atoms with Crippen molar-refractivity contribution in [2.45, 2.75) is 13.3 Å². The molecule has 1 aromatic heterocycles. The predicted octanol–water partition coefficient (Wildman–Crippen LogP) is 2.04. The van der Waals surface area contributed by atoms with Crippen molar-refractivity contribution in [3.8, 4) is 0 Å². The molecule has 0 aliphatic carbocycles. The molecule has 2 aromatic rings. The minimum Gasteiger partial charge on any atom is -0.371 e. The fourth-order valence-corrected chi connectivity index (χ4v) is 2.71. The van der Waals surface area contributed by atoms with Crippen LogP contribution in [0.1, 0.15) is 22.6 Å². The number of amides is 1. The van der Waals surface area contributed by atoms with E-state index in [1.54, 1.807) is 6.20 Å². The summed E-state index contributed by atoms with van der Waals surface area (Å²) < 4.78 is 0. The number of aryl methyl sites for hydroxylation is 1. The van der Waals surface area contributed by atoms with Crippen molar-refractivity contribution < 1.29 is 4.79 Å². The quantitative estimate of drug-likeness (QED) is 0.938. The molecule has 1 saturated heterocycles. The zero-order valence-electron chi connectivity index (χ0n) is 12.7. The lowest BCUT2D eigenvalue weighted by atomic mass is 10.1. The second-order valence-corrected chi connectivity index (χ2v) is 5.69. The van der Waals surface area contributed by atoms with Gasteiger partial charge in [-0.05, 0) is 31.4 Å². The van der Waals surface area contributed by atoms with Crippen LogP contribution in [0, 0.1) is 12.8 Å². The predicted molar refractivity (Wildman–Crippen MR) is 85.9 cm³/mol. The van der Waals surface area contributed by atoms with Crippen LogP contribution in [0.25, 0.3) is 0 Å². The Labute approximate surface area is 130 Å². The standard InChI is InChI=1S/C17H20N4O/c1-13-9-19-16(11-18-13)17(22)20-10-14-7-8-21(12-14)15-5-3-2-4-6-15/h2-6,9,11,14H,7-8,10,12H2,1H3,(H,20,22)/t14-/m0/s1. The summed E-state index contributed by atoms with van der Waals surface area (Å²) in [6.45, 7) is 4.54. The van der Waals surface area contributed by atoms with E-state index in [0.29, 0.717) is 18.2 Å². The van der Waals surface area contributed by atoms with E-state index in [1.165, 1.54) is 11.9 Å². The van der Waals surface area contributed by atoms with Gasteiger partial charge in [0.2, 0.25) is 0 Å². The summed E-state index contributed by atoms with van der Waals surface area (Å²) in [6.07, 6.45) is 4.23. The monoisotopic (exact) mass is 296 g/mol. The normalized spacial score (nSPS) is 17.5. The van der Waals surface area contributed by atoms with Gasteiger partial charge in [-0.3, -0.25) is 9.78 Å². The minimum absolute atomic E-state index is 0.148. The SMILES string of the molecule is Cc1cnc(C(=O)NC[C@@H]2CCN(c3ccccc3)C2)cn1. The Kier molecular flexibility index (Phi) is 4.32. The van der Waals surface area contributed by atoms with Crippen LogP contribution in [-0.2, 0) is 0 Å². The second kappa shape index (κ2) is 6.56. The van der Waals surface area contributed by atoms with Gasteiger partial charge in [-0.25, -0.2) is 4.98 Å². The summed E-state index contributed by atoms with van der Waals surface area (Å²) in [6, 6.07) is 10.4. The molecular weight excluding hydrogens is 276 g/mol. The smallest absolute Gasteiger partial charge is 0.271 e. The Morgan fingerprint density at radius 2 is 2.09 bits per heavy atom. The summed E-state index contributed by atoms with van der Waals surface area (Å²) in [4.78, 5) is 22.6. The third-order valence-corrected chi connectivity index (χ3v) is 3.97. The van der Waals surface area contributed by atoms with Crippen LogP contribution >= 0.6 is 0 Å². The molecule has 5 nitrogen and oxygen atoms in total. The summed E-state index contributed by atoms with van der Waals surface area (Å²) in [7, 11) is 0. The van der Waals surface area contributed by atoms with Crippen LogP contribution in [0.2, 0.25) is 0 Å². The number of aromatic nitrogens is 2. The molecule has 2 heterocycles. The number of hydrogen-bond acceptors (Lipinski definition) is 4. The average molecular weight is 296 g/mol. The van der Waals surface area contributed by atoms with Gasteiger partial charge < -0.3 is 10.2 Å². The van der Waals surface area contributed by atoms with Crippen molar-refractivity contribution in [2.24, 2.45) is 5.92 Å². The number of para-hydroxylation sites is 1. The zero-order valence-corrected chi connectivity index (χ0v) is 12.7. The maximum atomic E-state index is 12.0. The van der Waals surface area contributed by atoms with E-state index in [0.717, 1.165) is 25.2 Å². The zero-order chi connectivity index (χ0) is 15.4. The second-order valence-electron chi connectivity index (χ2n) is 5.69. The highest BCUT2D eigenvalue weighted by molar-refractivity contribution is 5.91. The van der Waals surface area contributed by atoms with Gasteiger partial charge >= 0.3 is 0 Å². The van der Waals surface area contributed by atoms with E-state index in [9.17, 15) is 4.79 Å². The molecule has 1 atom stereocenters. The van der Waals surface area contributed by atoms with Crippen molar-refractivity contribution in [1.82, 2.24) is 15.3 Å². The molecule has 1 aliphatic heterocycles. The first-order chi connectivity index (χ1) is 10.7. The molecule has 0 bridgehead atoms. The Morgan fingerprint density at radius 3 is 2.82 bits per heavy atom. The van der Waals surface area contributed by atoms with Crippen molar-refractivity contribution in [1.29, 1.82) is 0 Å². The minimum atomic E-state index is -0.148. The van der Waals surface area contributed by atoms with Crippen LogP contribution in [0.15, 0.2) is 42.7 Å². The molecule has 1 aliphatic rings. The van der Waals surface area contributed by atoms with E-state index in [-0.39, 0.29) is 5.91 Å². The number of rotatable bonds is 4. The number of benzene rings is 1. The maximum Gasteiger partial charge on any atom is 0.271 e. The number of nitrogens with zero attached hydrogens (tertiary/aromatic N) is 3. The highest BCUT2D eigenvalue weighted by atomic mass is 16.1. The molecule has 0 spiro atoms. The third kappa shape index (κ3) is 3.42. The van der Waals surface area contributed by atoms with Crippen molar-refractivity contribution in [3.63, 3.8) is 0 Å². The first kappa shape index (κ1) is 14.5. The van der Waals surface area contributed by atoms with Crippen LogP contribution in [0.3, 0.4) is 0 Å². The van der Waals surface area contributed by atoms with E-state index in [1.807, 2.05) is 13.0 Å². The molecule has 1 aromatic carbocycles. The highest BCUT2D eigenvalue weighted by Gasteiger charge is 2.23. The van der Waals surface area contributed by atoms with Crippen LogP contribution in [0.5, 0.6) is 0 Å². The van der Waals surface area contributed by atoms with E-state index < -0.39 is 0 Å². The molecule has 1 amide bonds. The van der Waals surface area contributed by atoms with Gasteiger partial charge in [0.15, 0.2) is 0 Å². The third-order valence-electron chi connectivity index (χ3n) is 3.97. The van der Waals surface area contributed by atoms with E-state index >= 15 is 0 Å². The lowest BCUT2D eigenvalue weighted by molar-refractivity contribution is 0.0943. The van der Waals surface area contributed by atoms with Gasteiger partial charge in [-0.15, -0.1) is 0 Å². The molecular formula is C17H20N4O. The van der Waals surface area contributed by atoms with Crippen molar-refractivity contribution >= 4 is 11.6 Å². The Bertz CT molecular complexity index is 627. The number of nitrogens with one attached hydrogen (secondary N) is 1. The Balaban J connectivity index is 1.50. The molecule has 114 valence electrons. The Hall–Kier alpha value is -2.43. The highest BCUT2D eigenvalue weighted by Crippen LogP contribution is 2.22. The van der Waals surface area contributed by atoms with Crippen LogP contribution in [0.4, 0.5) is 5.69 Å². The fourth-order valence-electron chi connectivity index (χ4n) is 2.71. The number of carbonyl (C=O) groups excluding carboxylic acids is 1. The molecule has 0 radical (unpaired) electrons. The molecule has 0 saturated carbocycles. The van der Waals surface area contributed by atoms with Crippen molar-refractivity contribution in [3.05, 3.63) is 54.1 Å². The molecule has 3 rings (SSSR count). The first-order valence-corrected chi connectivity index (χ1v) is 7.59. The summed E-state index contributed by atoms with van der Waals surface area (Å²) in [5.74, 6) is 0.327. The number of hydrogen-bond donors (Lipinski definition) is 1. The summed E-state index contributed by atoms with van der Waals surface area (Å²) >= 11 is 0. The van der Waals surface area contributed by atoms with Gasteiger partial charge in [-0.1, -0.05) is 18.2 Å². The maximum absolute atomic E-state index is 12.0. The van der Waals surface area contributed by atoms with Gasteiger partial charge in [0.05, 0.1) is 11.9 Å². The first-order valence-electron chi connectivity index (χ1n) is 7.59. The largest absolute Gasteiger partial charge is 0.371 e. The van der Waals surface area contributed by atoms with Gasteiger partial charge in [0.25, 0.3) is 5.91 Å². The lowest BCUT2D eigenvalue weighted by Crippen LogP contribution is -2.31. The lowest BCUT2D eigenvalue weighted by Gasteiger charge is -2.18. The molecule has 5 heteroatoms. The van der Waals surface area contributed by atoms with E-state index in [2.05, 4.69) is 44.5 Å². The molecule has 0 unspecified atom stereocenters. The van der Waals surface area contributed by atoms with Gasteiger partial charge in [-0.2, -0.15) is 0 Å². The average Bonchev–Trinajstić information content (AvgIpc) is 3.03. The summed E-state index contributed by atoms with van der Waals surface area (Å²) in [5.41, 5.74) is 2.44. The fraction of sp³-hybridized carbons (Fsp3) is 0.353. The Morgan fingerprint density at radius 1 is 1.27 bits per heavy atom. The van der Waals surface area contributed by atoms with E-state index in [4.69, 9.17) is 0 Å². The number of anilines is 1. The van der Waals surface area contributed by atoms with Gasteiger partial charge in [0, 0.05) is 31.5 Å². The number of carbonyl (C=O) groups is 1.